The number of carbonyl (C=O) groups excluding carboxylic acids is 1. The van der Waals surface area contributed by atoms with Gasteiger partial charge in [0.15, 0.2) is 0 Å². The quantitative estimate of drug-likeness (QED) is 0.479. The third-order valence-electron chi connectivity index (χ3n) is 5.89. The van der Waals surface area contributed by atoms with E-state index in [9.17, 15) is 9.59 Å². The molecule has 2 aromatic carbocycles. The number of carbonyl (C=O) groups is 1. The van der Waals surface area contributed by atoms with E-state index in [1.54, 1.807) is 34.2 Å². The Morgan fingerprint density at radius 2 is 1.71 bits per heavy atom. The van der Waals surface area contributed by atoms with E-state index >= 15 is 0 Å². The van der Waals surface area contributed by atoms with Crippen LogP contribution >= 0.6 is 11.3 Å². The summed E-state index contributed by atoms with van der Waals surface area (Å²) in [5.41, 5.74) is 2.09. The minimum Gasteiger partial charge on any atom is -0.338 e. The van der Waals surface area contributed by atoms with Crippen molar-refractivity contribution in [1.29, 1.82) is 0 Å². The number of pyridine rings is 1. The Morgan fingerprint density at radius 1 is 0.968 bits per heavy atom. The van der Waals surface area contributed by atoms with Crippen molar-refractivity contribution >= 4 is 27.5 Å². The van der Waals surface area contributed by atoms with Crippen molar-refractivity contribution in [2.24, 2.45) is 0 Å². The van der Waals surface area contributed by atoms with Crippen LogP contribution in [0.1, 0.15) is 39.7 Å². The van der Waals surface area contributed by atoms with E-state index in [1.807, 2.05) is 53.4 Å². The van der Waals surface area contributed by atoms with Crippen molar-refractivity contribution < 1.29 is 4.79 Å². The van der Waals surface area contributed by atoms with E-state index in [1.165, 1.54) is 4.70 Å². The van der Waals surface area contributed by atoms with Crippen LogP contribution in [0.3, 0.4) is 0 Å². The van der Waals surface area contributed by atoms with Gasteiger partial charge in [-0.2, -0.15) is 0 Å². The summed E-state index contributed by atoms with van der Waals surface area (Å²) in [5.74, 6) is 0.196. The molecular weight excluding hydrogens is 406 g/mol. The molecule has 1 amide bonds. The topological polar surface area (TPSA) is 55.2 Å². The molecule has 1 aliphatic rings. The van der Waals surface area contributed by atoms with Crippen LogP contribution < -0.4 is 5.56 Å². The highest BCUT2D eigenvalue weighted by atomic mass is 32.1. The van der Waals surface area contributed by atoms with E-state index in [-0.39, 0.29) is 17.0 Å². The Bertz CT molecular complexity index is 1240. The molecule has 0 N–H and O–H groups in total. The van der Waals surface area contributed by atoms with Gasteiger partial charge in [0.2, 0.25) is 0 Å². The average molecular weight is 430 g/mol. The lowest BCUT2D eigenvalue weighted by Gasteiger charge is -2.31. The zero-order valence-electron chi connectivity index (χ0n) is 17.1. The minimum absolute atomic E-state index is 0.171. The van der Waals surface area contributed by atoms with Crippen LogP contribution in [0.4, 0.5) is 0 Å². The van der Waals surface area contributed by atoms with E-state index < -0.39 is 0 Å². The van der Waals surface area contributed by atoms with Crippen LogP contribution in [0.5, 0.6) is 0 Å². The number of para-hydroxylation sites is 1. The Labute approximate surface area is 184 Å². The molecule has 0 aliphatic carbocycles. The summed E-state index contributed by atoms with van der Waals surface area (Å²) in [4.78, 5) is 32.7. The van der Waals surface area contributed by atoms with Gasteiger partial charge in [-0.25, -0.2) is 4.98 Å². The van der Waals surface area contributed by atoms with Crippen LogP contribution in [0.2, 0.25) is 0 Å². The maximum atomic E-state index is 13.1. The van der Waals surface area contributed by atoms with Gasteiger partial charge in [-0.3, -0.25) is 9.59 Å². The molecule has 3 heterocycles. The summed E-state index contributed by atoms with van der Waals surface area (Å²) in [7, 11) is 0. The first-order chi connectivity index (χ1) is 15.2. The Hall–Kier alpha value is -3.25. The molecule has 31 heavy (non-hydrogen) atoms. The molecule has 0 saturated carbocycles. The van der Waals surface area contributed by atoms with E-state index in [0.717, 1.165) is 28.9 Å². The Kier molecular flexibility index (Phi) is 5.38. The lowest BCUT2D eigenvalue weighted by molar-refractivity contribution is 0.0710. The molecule has 4 aromatic rings. The molecule has 2 aromatic heterocycles. The van der Waals surface area contributed by atoms with E-state index in [0.29, 0.717) is 25.6 Å². The van der Waals surface area contributed by atoms with Crippen molar-refractivity contribution in [3.63, 3.8) is 0 Å². The molecule has 5 nitrogen and oxygen atoms in total. The van der Waals surface area contributed by atoms with Crippen LogP contribution in [0.25, 0.3) is 10.2 Å². The molecule has 0 unspecified atom stereocenters. The number of aromatic nitrogens is 2. The van der Waals surface area contributed by atoms with Gasteiger partial charge in [-0.1, -0.05) is 42.5 Å². The van der Waals surface area contributed by atoms with Crippen molar-refractivity contribution in [1.82, 2.24) is 14.5 Å². The van der Waals surface area contributed by atoms with Crippen LogP contribution in [-0.2, 0) is 6.54 Å². The summed E-state index contributed by atoms with van der Waals surface area (Å²) in [5, 5.41) is 1.15. The number of rotatable bonds is 4. The zero-order valence-corrected chi connectivity index (χ0v) is 17.9. The summed E-state index contributed by atoms with van der Waals surface area (Å²) in [6.45, 7) is 1.75. The lowest BCUT2D eigenvalue weighted by atomic mass is 9.97. The molecule has 1 fully saturated rings. The number of piperidine rings is 1. The molecule has 0 bridgehead atoms. The molecule has 5 rings (SSSR count). The monoisotopic (exact) mass is 429 g/mol. The van der Waals surface area contributed by atoms with Crippen LogP contribution in [0.15, 0.2) is 77.7 Å². The normalized spacial score (nSPS) is 14.8. The van der Waals surface area contributed by atoms with Gasteiger partial charge < -0.3 is 9.47 Å². The van der Waals surface area contributed by atoms with Gasteiger partial charge in [0.05, 0.1) is 21.8 Å². The highest BCUT2D eigenvalue weighted by molar-refractivity contribution is 7.18. The molecule has 0 radical (unpaired) electrons. The second kappa shape index (κ2) is 8.47. The van der Waals surface area contributed by atoms with Crippen LogP contribution in [0, 0.1) is 0 Å². The van der Waals surface area contributed by atoms with Crippen molar-refractivity contribution in [3.8, 4) is 0 Å². The Balaban J connectivity index is 1.29. The van der Waals surface area contributed by atoms with E-state index in [4.69, 9.17) is 4.98 Å². The molecular formula is C25H23N3O2S. The first-order valence-electron chi connectivity index (χ1n) is 10.6. The molecule has 0 atom stereocenters. The summed E-state index contributed by atoms with van der Waals surface area (Å²) < 4.78 is 2.82. The number of likely N-dealkylation sites (tertiary alicyclic amines) is 1. The molecule has 156 valence electrons. The summed E-state index contributed by atoms with van der Waals surface area (Å²) in [6, 6.07) is 21.4. The molecule has 1 saturated heterocycles. The first-order valence-corrected chi connectivity index (χ1v) is 11.4. The SMILES string of the molecule is O=C(c1cccn(Cc2ccccc2)c1=O)N1CCC(c2nc3ccccc3s2)CC1. The number of hydrogen-bond acceptors (Lipinski definition) is 4. The van der Waals surface area contributed by atoms with Gasteiger partial charge >= 0.3 is 0 Å². The summed E-state index contributed by atoms with van der Waals surface area (Å²) >= 11 is 1.75. The fourth-order valence-corrected chi connectivity index (χ4v) is 5.31. The fraction of sp³-hybridized carbons (Fsp3) is 0.240. The van der Waals surface area contributed by atoms with Gasteiger partial charge in [0.25, 0.3) is 11.5 Å². The standard InChI is InChI=1S/C25H23N3O2S/c29-24(20-9-6-14-28(25(20)30)17-18-7-2-1-3-8-18)27-15-12-19(13-16-27)23-26-21-10-4-5-11-22(21)31-23/h1-11,14,19H,12-13,15-17H2. The van der Waals surface area contributed by atoms with Crippen molar-refractivity contribution in [2.75, 3.05) is 13.1 Å². The maximum absolute atomic E-state index is 13.1. The molecule has 0 spiro atoms. The highest BCUT2D eigenvalue weighted by Crippen LogP contribution is 2.34. The second-order valence-electron chi connectivity index (χ2n) is 7.93. The van der Waals surface area contributed by atoms with Crippen molar-refractivity contribution in [3.05, 3.63) is 99.4 Å². The van der Waals surface area contributed by atoms with Gasteiger partial charge in [-0.05, 0) is 42.7 Å². The number of thiazole rings is 1. The number of benzene rings is 2. The Morgan fingerprint density at radius 3 is 2.48 bits per heavy atom. The fourth-order valence-electron chi connectivity index (χ4n) is 4.17. The largest absolute Gasteiger partial charge is 0.338 e. The van der Waals surface area contributed by atoms with Gasteiger partial charge in [0.1, 0.15) is 5.56 Å². The number of amides is 1. The predicted molar refractivity (Wildman–Crippen MR) is 124 cm³/mol. The molecule has 6 heteroatoms. The average Bonchev–Trinajstić information content (AvgIpc) is 3.25. The maximum Gasteiger partial charge on any atom is 0.263 e. The van der Waals surface area contributed by atoms with Crippen LogP contribution in [-0.4, -0.2) is 33.4 Å². The third kappa shape index (κ3) is 4.03. The third-order valence-corrected chi connectivity index (χ3v) is 7.09. The van der Waals surface area contributed by atoms with Gasteiger partial charge in [0, 0.05) is 25.2 Å². The second-order valence-corrected chi connectivity index (χ2v) is 8.99. The summed E-state index contributed by atoms with van der Waals surface area (Å²) in [6.07, 6.45) is 3.48. The smallest absolute Gasteiger partial charge is 0.263 e. The highest BCUT2D eigenvalue weighted by Gasteiger charge is 2.27. The zero-order chi connectivity index (χ0) is 21.2. The number of fused-ring (bicyclic) bond motifs is 1. The molecule has 1 aliphatic heterocycles. The lowest BCUT2D eigenvalue weighted by Crippen LogP contribution is -2.41. The number of hydrogen-bond donors (Lipinski definition) is 0. The number of nitrogens with zero attached hydrogens (tertiary/aromatic N) is 3. The predicted octanol–water partition coefficient (Wildman–Crippen LogP) is 4.53. The van der Waals surface area contributed by atoms with E-state index in [2.05, 4.69) is 6.07 Å². The first kappa shape index (κ1) is 19.7. The van der Waals surface area contributed by atoms with Crippen molar-refractivity contribution in [2.45, 2.75) is 25.3 Å². The van der Waals surface area contributed by atoms with Gasteiger partial charge in [-0.15, -0.1) is 11.3 Å². The minimum atomic E-state index is -0.232.